The highest BCUT2D eigenvalue weighted by Gasteiger charge is 2.10. The summed E-state index contributed by atoms with van der Waals surface area (Å²) in [5, 5.41) is 17.8. The van der Waals surface area contributed by atoms with Crippen LogP contribution in [-0.2, 0) is 0 Å². The van der Waals surface area contributed by atoms with E-state index in [0.29, 0.717) is 23.8 Å². The largest absolute Gasteiger partial charge is 0.337 e. The molecule has 3 N–H and O–H groups in total. The molecule has 0 spiro atoms. The third-order valence-corrected chi connectivity index (χ3v) is 3.97. The smallest absolute Gasteiger partial charge is 0.319 e. The molecule has 118 valence electrons. The van der Waals surface area contributed by atoms with Crippen molar-refractivity contribution < 1.29 is 4.79 Å². The number of benzene rings is 1. The maximum atomic E-state index is 11.8. The molecule has 0 aliphatic heterocycles. The number of urea groups is 1. The van der Waals surface area contributed by atoms with Crippen LogP contribution >= 0.6 is 0 Å². The van der Waals surface area contributed by atoms with Crippen LogP contribution < -0.4 is 16.0 Å². The first kappa shape index (κ1) is 16.3. The number of anilines is 1. The predicted molar refractivity (Wildman–Crippen MR) is 87.7 cm³/mol. The van der Waals surface area contributed by atoms with Crippen molar-refractivity contribution in [3.05, 3.63) is 29.8 Å². The van der Waals surface area contributed by atoms with Gasteiger partial charge in [-0.05, 0) is 37.1 Å². The second-order valence-corrected chi connectivity index (χ2v) is 5.71. The summed E-state index contributed by atoms with van der Waals surface area (Å²) in [5.74, 6) is 0. The lowest BCUT2D eigenvalue weighted by molar-refractivity contribution is 0.252. The maximum Gasteiger partial charge on any atom is 0.319 e. The van der Waals surface area contributed by atoms with Gasteiger partial charge in [0.2, 0.25) is 0 Å². The van der Waals surface area contributed by atoms with Crippen LogP contribution in [0.4, 0.5) is 10.5 Å². The van der Waals surface area contributed by atoms with E-state index in [4.69, 9.17) is 5.26 Å². The van der Waals surface area contributed by atoms with E-state index in [1.165, 1.54) is 38.5 Å². The minimum Gasteiger partial charge on any atom is -0.337 e. The number of amides is 2. The predicted octanol–water partition coefficient (Wildman–Crippen LogP) is 2.99. The average molecular weight is 300 g/mol. The first-order valence-electron chi connectivity index (χ1n) is 8.06. The minimum atomic E-state index is -0.215. The van der Waals surface area contributed by atoms with E-state index in [0.717, 1.165) is 6.54 Å². The van der Waals surface area contributed by atoms with Crippen molar-refractivity contribution in [2.24, 2.45) is 0 Å². The van der Waals surface area contributed by atoms with Crippen molar-refractivity contribution in [1.82, 2.24) is 10.6 Å². The van der Waals surface area contributed by atoms with Crippen LogP contribution in [0.3, 0.4) is 0 Å². The van der Waals surface area contributed by atoms with Gasteiger partial charge in [-0.3, -0.25) is 0 Å². The van der Waals surface area contributed by atoms with Gasteiger partial charge in [0.25, 0.3) is 0 Å². The van der Waals surface area contributed by atoms with E-state index in [1.807, 2.05) is 6.07 Å². The Kier molecular flexibility index (Phi) is 6.72. The molecule has 0 saturated heterocycles. The van der Waals surface area contributed by atoms with Crippen LogP contribution in [0.2, 0.25) is 0 Å². The molecule has 0 heterocycles. The van der Waals surface area contributed by atoms with Crippen molar-refractivity contribution in [2.45, 2.75) is 44.6 Å². The van der Waals surface area contributed by atoms with Crippen LogP contribution in [0.5, 0.6) is 0 Å². The molecular formula is C17H24N4O. The molecule has 1 saturated carbocycles. The van der Waals surface area contributed by atoms with Gasteiger partial charge < -0.3 is 16.0 Å². The normalized spacial score (nSPS) is 15.6. The molecule has 22 heavy (non-hydrogen) atoms. The van der Waals surface area contributed by atoms with Gasteiger partial charge >= 0.3 is 6.03 Å². The monoisotopic (exact) mass is 300 g/mol. The van der Waals surface area contributed by atoms with Gasteiger partial charge in [0.05, 0.1) is 11.6 Å². The number of nitrogens with one attached hydrogen (secondary N) is 3. The Morgan fingerprint density at radius 2 is 1.77 bits per heavy atom. The Bertz CT molecular complexity index is 498. The van der Waals surface area contributed by atoms with Crippen molar-refractivity contribution in [3.63, 3.8) is 0 Å². The third kappa shape index (κ3) is 5.74. The summed E-state index contributed by atoms with van der Waals surface area (Å²) in [6.45, 7) is 1.41. The first-order valence-corrected chi connectivity index (χ1v) is 8.06. The van der Waals surface area contributed by atoms with E-state index in [2.05, 4.69) is 16.0 Å². The quantitative estimate of drug-likeness (QED) is 0.578. The van der Waals surface area contributed by atoms with E-state index >= 15 is 0 Å². The highest BCUT2D eigenvalue weighted by molar-refractivity contribution is 5.89. The Morgan fingerprint density at radius 3 is 2.41 bits per heavy atom. The Balaban J connectivity index is 1.61. The van der Waals surface area contributed by atoms with Gasteiger partial charge in [0, 0.05) is 24.8 Å². The summed E-state index contributed by atoms with van der Waals surface area (Å²) in [6.07, 6.45) is 7.82. The molecule has 1 fully saturated rings. The van der Waals surface area contributed by atoms with E-state index in [9.17, 15) is 4.79 Å². The number of carbonyl (C=O) groups is 1. The van der Waals surface area contributed by atoms with Crippen LogP contribution in [0.1, 0.15) is 44.1 Å². The van der Waals surface area contributed by atoms with E-state index in [1.54, 1.807) is 24.3 Å². The molecule has 2 amide bonds. The zero-order chi connectivity index (χ0) is 15.6. The maximum absolute atomic E-state index is 11.8. The first-order chi connectivity index (χ1) is 10.8. The van der Waals surface area contributed by atoms with Gasteiger partial charge in [0.15, 0.2) is 0 Å². The second kappa shape index (κ2) is 9.06. The summed E-state index contributed by atoms with van der Waals surface area (Å²) in [5.41, 5.74) is 1.27. The fourth-order valence-electron chi connectivity index (χ4n) is 2.74. The molecule has 0 radical (unpaired) electrons. The number of carbonyl (C=O) groups excluding carboxylic acids is 1. The molecule has 2 rings (SSSR count). The lowest BCUT2D eigenvalue weighted by Crippen LogP contribution is -2.38. The molecule has 0 atom stereocenters. The average Bonchev–Trinajstić information content (AvgIpc) is 2.81. The molecule has 1 aromatic rings. The molecule has 0 unspecified atom stereocenters. The van der Waals surface area contributed by atoms with Crippen LogP contribution in [0.25, 0.3) is 0 Å². The lowest BCUT2D eigenvalue weighted by atomic mass is 10.1. The Labute approximate surface area is 132 Å². The Morgan fingerprint density at radius 1 is 1.09 bits per heavy atom. The number of nitrogens with zero attached hydrogens (tertiary/aromatic N) is 1. The fraction of sp³-hybridized carbons (Fsp3) is 0.529. The van der Waals surface area contributed by atoms with Gasteiger partial charge in [-0.25, -0.2) is 4.79 Å². The Hall–Kier alpha value is -2.06. The SMILES string of the molecule is N#Cc1ccc(NC(=O)NCCNC2CCCCCC2)cc1. The number of hydrogen-bond donors (Lipinski definition) is 3. The van der Waals surface area contributed by atoms with Crippen molar-refractivity contribution in [1.29, 1.82) is 5.26 Å². The number of nitriles is 1. The molecule has 1 aliphatic carbocycles. The van der Waals surface area contributed by atoms with Gasteiger partial charge in [-0.15, -0.1) is 0 Å². The molecule has 5 nitrogen and oxygen atoms in total. The van der Waals surface area contributed by atoms with Gasteiger partial charge in [-0.1, -0.05) is 25.7 Å². The van der Waals surface area contributed by atoms with Gasteiger partial charge in [-0.2, -0.15) is 5.26 Å². The molecule has 0 aromatic heterocycles. The molecule has 1 aliphatic rings. The zero-order valence-electron chi connectivity index (χ0n) is 12.9. The molecule has 5 heteroatoms. The molecule has 1 aromatic carbocycles. The van der Waals surface area contributed by atoms with Crippen molar-refractivity contribution in [3.8, 4) is 6.07 Å². The summed E-state index contributed by atoms with van der Waals surface area (Å²) in [6, 6.07) is 9.25. The van der Waals surface area contributed by atoms with Crippen LogP contribution in [-0.4, -0.2) is 25.2 Å². The summed E-state index contributed by atoms with van der Waals surface area (Å²) >= 11 is 0. The topological polar surface area (TPSA) is 77.0 Å². The van der Waals surface area contributed by atoms with E-state index < -0.39 is 0 Å². The van der Waals surface area contributed by atoms with Gasteiger partial charge in [0.1, 0.15) is 0 Å². The van der Waals surface area contributed by atoms with Crippen molar-refractivity contribution >= 4 is 11.7 Å². The summed E-state index contributed by atoms with van der Waals surface area (Å²) in [4.78, 5) is 11.8. The minimum absolute atomic E-state index is 0.215. The third-order valence-electron chi connectivity index (χ3n) is 3.97. The molecule has 0 bridgehead atoms. The summed E-state index contributed by atoms with van der Waals surface area (Å²) in [7, 11) is 0. The highest BCUT2D eigenvalue weighted by atomic mass is 16.2. The number of hydrogen-bond acceptors (Lipinski definition) is 3. The van der Waals surface area contributed by atoms with E-state index in [-0.39, 0.29) is 6.03 Å². The van der Waals surface area contributed by atoms with Crippen LogP contribution in [0.15, 0.2) is 24.3 Å². The standard InChI is InChI=1S/C17H24N4O/c18-13-14-7-9-16(10-8-14)21-17(22)20-12-11-19-15-5-3-1-2-4-6-15/h7-10,15,19H,1-6,11-12H2,(H2,20,21,22). The van der Waals surface area contributed by atoms with Crippen molar-refractivity contribution in [2.75, 3.05) is 18.4 Å². The summed E-state index contributed by atoms with van der Waals surface area (Å²) < 4.78 is 0. The zero-order valence-corrected chi connectivity index (χ0v) is 12.9. The fourth-order valence-corrected chi connectivity index (χ4v) is 2.74. The molecular weight excluding hydrogens is 276 g/mol. The van der Waals surface area contributed by atoms with Crippen LogP contribution in [0, 0.1) is 11.3 Å². The highest BCUT2D eigenvalue weighted by Crippen LogP contribution is 2.16. The number of rotatable bonds is 5. The second-order valence-electron chi connectivity index (χ2n) is 5.71. The lowest BCUT2D eigenvalue weighted by Gasteiger charge is -2.16.